The minimum atomic E-state index is -3.54. The lowest BCUT2D eigenvalue weighted by atomic mass is 10.2. The molecule has 0 aliphatic rings. The van der Waals surface area contributed by atoms with Crippen LogP contribution in [0.1, 0.15) is 26.3 Å². The van der Waals surface area contributed by atoms with E-state index in [9.17, 15) is 8.42 Å². The predicted molar refractivity (Wildman–Crippen MR) is 83.6 cm³/mol. The van der Waals surface area contributed by atoms with E-state index in [2.05, 4.69) is 11.8 Å². The number of nitrogens with two attached hydrogens (primary N) is 1. The summed E-state index contributed by atoms with van der Waals surface area (Å²) in [7, 11) is -2.03. The van der Waals surface area contributed by atoms with E-state index in [4.69, 9.17) is 10.5 Å². The van der Waals surface area contributed by atoms with Crippen LogP contribution in [0.4, 0.5) is 0 Å². The Labute approximate surface area is 127 Å². The minimum absolute atomic E-state index is 0.110. The number of benzene rings is 1. The lowest BCUT2D eigenvalue weighted by Crippen LogP contribution is -2.36. The van der Waals surface area contributed by atoms with Crippen molar-refractivity contribution in [1.29, 1.82) is 0 Å². The number of nitrogens with zero attached hydrogens (tertiary/aromatic N) is 1. The van der Waals surface area contributed by atoms with Gasteiger partial charge in [-0.3, -0.25) is 0 Å². The van der Waals surface area contributed by atoms with Crippen molar-refractivity contribution in [3.8, 4) is 17.6 Å². The fourth-order valence-corrected chi connectivity index (χ4v) is 3.71. The van der Waals surface area contributed by atoms with Crippen molar-refractivity contribution < 1.29 is 13.2 Å². The Bertz CT molecular complexity index is 643. The standard InChI is InChI=1S/C15H22N2O3S/c1-5-17(12(2)3)21(18,19)14-8-9-15(20-4)13(11-14)7-6-10-16/h8-9,11-12H,5,10,16H2,1-4H3. The molecule has 21 heavy (non-hydrogen) atoms. The van der Waals surface area contributed by atoms with Gasteiger partial charge < -0.3 is 10.5 Å². The number of hydrogen-bond acceptors (Lipinski definition) is 4. The Morgan fingerprint density at radius 3 is 2.52 bits per heavy atom. The first-order valence-corrected chi connectivity index (χ1v) is 8.21. The Hall–Kier alpha value is -1.55. The van der Waals surface area contributed by atoms with E-state index in [1.807, 2.05) is 20.8 Å². The molecule has 1 aromatic rings. The summed E-state index contributed by atoms with van der Waals surface area (Å²) in [6, 6.07) is 4.57. The molecular weight excluding hydrogens is 288 g/mol. The lowest BCUT2D eigenvalue weighted by molar-refractivity contribution is 0.369. The molecule has 116 valence electrons. The third kappa shape index (κ3) is 3.97. The summed E-state index contributed by atoms with van der Waals surface area (Å²) >= 11 is 0. The molecular formula is C15H22N2O3S. The van der Waals surface area contributed by atoms with Gasteiger partial charge in [-0.2, -0.15) is 4.31 Å². The summed E-state index contributed by atoms with van der Waals surface area (Å²) < 4.78 is 31.9. The van der Waals surface area contributed by atoms with Crippen molar-refractivity contribution in [1.82, 2.24) is 4.31 Å². The van der Waals surface area contributed by atoms with Crippen LogP contribution < -0.4 is 10.5 Å². The van der Waals surface area contributed by atoms with Gasteiger partial charge in [0.1, 0.15) is 5.75 Å². The molecule has 1 rings (SSSR count). The number of rotatable bonds is 5. The average molecular weight is 310 g/mol. The zero-order valence-electron chi connectivity index (χ0n) is 12.9. The van der Waals surface area contributed by atoms with Gasteiger partial charge in [-0.15, -0.1) is 0 Å². The largest absolute Gasteiger partial charge is 0.495 e. The molecule has 0 saturated heterocycles. The molecule has 0 fully saturated rings. The Kier molecular flexibility index (Phi) is 6.21. The molecule has 0 aliphatic heterocycles. The third-order valence-corrected chi connectivity index (χ3v) is 5.14. The van der Waals surface area contributed by atoms with Crippen molar-refractivity contribution >= 4 is 10.0 Å². The van der Waals surface area contributed by atoms with Gasteiger partial charge in [-0.25, -0.2) is 8.42 Å². The summed E-state index contributed by atoms with van der Waals surface area (Å²) in [6.45, 7) is 6.12. The molecule has 0 atom stereocenters. The molecule has 0 aliphatic carbocycles. The Balaban J connectivity index is 3.37. The third-order valence-electron chi connectivity index (χ3n) is 2.99. The first kappa shape index (κ1) is 17.5. The number of sulfonamides is 1. The maximum Gasteiger partial charge on any atom is 0.243 e. The van der Waals surface area contributed by atoms with E-state index in [1.165, 1.54) is 23.5 Å². The second kappa shape index (κ2) is 7.46. The lowest BCUT2D eigenvalue weighted by Gasteiger charge is -2.24. The second-order valence-electron chi connectivity index (χ2n) is 4.67. The zero-order valence-corrected chi connectivity index (χ0v) is 13.7. The van der Waals surface area contributed by atoms with Gasteiger partial charge in [0.15, 0.2) is 0 Å². The van der Waals surface area contributed by atoms with Gasteiger partial charge in [-0.1, -0.05) is 18.8 Å². The second-order valence-corrected chi connectivity index (χ2v) is 6.56. The van der Waals surface area contributed by atoms with E-state index < -0.39 is 10.0 Å². The van der Waals surface area contributed by atoms with Crippen molar-refractivity contribution in [3.63, 3.8) is 0 Å². The van der Waals surface area contributed by atoms with Gasteiger partial charge in [0.2, 0.25) is 10.0 Å². The number of methoxy groups -OCH3 is 1. The smallest absolute Gasteiger partial charge is 0.243 e. The van der Waals surface area contributed by atoms with Crippen LogP contribution in [-0.2, 0) is 10.0 Å². The van der Waals surface area contributed by atoms with Crippen LogP contribution in [0.2, 0.25) is 0 Å². The summed E-state index contributed by atoms with van der Waals surface area (Å²) in [5.74, 6) is 6.08. The fraction of sp³-hybridized carbons (Fsp3) is 0.467. The van der Waals surface area contributed by atoms with Crippen LogP contribution in [0.15, 0.2) is 23.1 Å². The first-order valence-electron chi connectivity index (χ1n) is 6.77. The topological polar surface area (TPSA) is 72.6 Å². The summed E-state index contributed by atoms with van der Waals surface area (Å²) in [4.78, 5) is 0.208. The predicted octanol–water partition coefficient (Wildman–Crippen LogP) is 1.42. The fourth-order valence-electron chi connectivity index (χ4n) is 2.04. The minimum Gasteiger partial charge on any atom is -0.495 e. The van der Waals surface area contributed by atoms with Crippen molar-refractivity contribution in [3.05, 3.63) is 23.8 Å². The summed E-state index contributed by atoms with van der Waals surface area (Å²) in [6.07, 6.45) is 0. The van der Waals surface area contributed by atoms with E-state index in [0.717, 1.165) is 0 Å². The molecule has 0 saturated carbocycles. The number of ether oxygens (including phenoxy) is 1. The van der Waals surface area contributed by atoms with Gasteiger partial charge in [-0.05, 0) is 32.0 Å². The Morgan fingerprint density at radius 1 is 1.38 bits per heavy atom. The normalized spacial score (nSPS) is 11.4. The molecule has 6 heteroatoms. The molecule has 0 spiro atoms. The SMILES string of the molecule is CCN(C(C)C)S(=O)(=O)c1ccc(OC)c(C#CCN)c1. The average Bonchev–Trinajstić information content (AvgIpc) is 2.44. The highest BCUT2D eigenvalue weighted by Crippen LogP contribution is 2.24. The summed E-state index contributed by atoms with van der Waals surface area (Å²) in [5.41, 5.74) is 5.88. The van der Waals surface area contributed by atoms with E-state index in [-0.39, 0.29) is 17.5 Å². The molecule has 5 nitrogen and oxygen atoms in total. The zero-order chi connectivity index (χ0) is 16.0. The van der Waals surface area contributed by atoms with Gasteiger partial charge in [0.05, 0.1) is 24.1 Å². The molecule has 0 aromatic heterocycles. The van der Waals surface area contributed by atoms with E-state index in [1.54, 1.807) is 6.07 Å². The van der Waals surface area contributed by atoms with Crippen molar-refractivity contribution in [2.45, 2.75) is 31.7 Å². The highest BCUT2D eigenvalue weighted by Gasteiger charge is 2.26. The highest BCUT2D eigenvalue weighted by atomic mass is 32.2. The van der Waals surface area contributed by atoms with Crippen LogP contribution in [-0.4, -0.2) is 39.0 Å². The molecule has 0 bridgehead atoms. The quantitative estimate of drug-likeness (QED) is 0.835. The van der Waals surface area contributed by atoms with Crippen LogP contribution in [0.3, 0.4) is 0 Å². The molecule has 0 amide bonds. The molecule has 0 heterocycles. The van der Waals surface area contributed by atoms with E-state index in [0.29, 0.717) is 17.9 Å². The van der Waals surface area contributed by atoms with Crippen LogP contribution in [0, 0.1) is 11.8 Å². The van der Waals surface area contributed by atoms with Gasteiger partial charge in [0.25, 0.3) is 0 Å². The van der Waals surface area contributed by atoms with E-state index >= 15 is 0 Å². The summed E-state index contributed by atoms with van der Waals surface area (Å²) in [5, 5.41) is 0. The van der Waals surface area contributed by atoms with Crippen LogP contribution in [0.5, 0.6) is 5.75 Å². The van der Waals surface area contributed by atoms with Crippen molar-refractivity contribution in [2.24, 2.45) is 5.73 Å². The molecule has 1 aromatic carbocycles. The maximum atomic E-state index is 12.6. The Morgan fingerprint density at radius 2 is 2.05 bits per heavy atom. The van der Waals surface area contributed by atoms with Gasteiger partial charge >= 0.3 is 0 Å². The van der Waals surface area contributed by atoms with Crippen LogP contribution in [0.25, 0.3) is 0 Å². The van der Waals surface area contributed by atoms with Crippen LogP contribution >= 0.6 is 0 Å². The maximum absolute atomic E-state index is 12.6. The molecule has 2 N–H and O–H groups in total. The monoisotopic (exact) mass is 310 g/mol. The first-order chi connectivity index (χ1) is 9.88. The molecule has 0 radical (unpaired) electrons. The molecule has 0 unspecified atom stereocenters. The number of hydrogen-bond donors (Lipinski definition) is 1. The van der Waals surface area contributed by atoms with Crippen molar-refractivity contribution in [2.75, 3.05) is 20.2 Å². The highest BCUT2D eigenvalue weighted by molar-refractivity contribution is 7.89. The van der Waals surface area contributed by atoms with Gasteiger partial charge in [0, 0.05) is 12.6 Å².